The van der Waals surface area contributed by atoms with Crippen molar-refractivity contribution < 1.29 is 29.2 Å². The molecule has 2 aromatic carbocycles. The molecular weight excluding hydrogens is 336 g/mol. The largest absolute Gasteiger partial charge is 0.504 e. The fraction of sp³-hybridized carbons (Fsp3) is 0.350. The normalized spacial score (nSPS) is 23.8. The van der Waals surface area contributed by atoms with Crippen molar-refractivity contribution in [1.82, 2.24) is 0 Å². The summed E-state index contributed by atoms with van der Waals surface area (Å²) in [5.74, 6) is 0.263. The Morgan fingerprint density at radius 2 is 1.77 bits per heavy atom. The number of rotatable bonds is 3. The number of phenolic OH excluding ortho intramolecular Hbond substituents is 2. The Morgan fingerprint density at radius 1 is 1.04 bits per heavy atom. The van der Waals surface area contributed by atoms with Crippen molar-refractivity contribution in [2.75, 3.05) is 20.8 Å². The highest BCUT2D eigenvalue weighted by atomic mass is 16.5. The van der Waals surface area contributed by atoms with Crippen molar-refractivity contribution >= 4 is 5.97 Å². The van der Waals surface area contributed by atoms with Gasteiger partial charge in [0.1, 0.15) is 0 Å². The fourth-order valence-electron chi connectivity index (χ4n) is 4.18. The van der Waals surface area contributed by atoms with Crippen LogP contribution in [0.25, 0.3) is 0 Å². The lowest BCUT2D eigenvalue weighted by atomic mass is 9.67. The molecule has 2 aliphatic rings. The van der Waals surface area contributed by atoms with Gasteiger partial charge in [0.2, 0.25) is 0 Å². The number of fused-ring (bicyclic) bond motifs is 2. The topological polar surface area (TPSA) is 85.2 Å². The van der Waals surface area contributed by atoms with E-state index < -0.39 is 0 Å². The van der Waals surface area contributed by atoms with Crippen LogP contribution in [0.1, 0.15) is 22.6 Å². The molecule has 2 N–H and O–H groups in total. The van der Waals surface area contributed by atoms with E-state index in [-0.39, 0.29) is 35.2 Å². The number of hydrogen-bond donors (Lipinski definition) is 2. The Bertz CT molecular complexity index is 875. The van der Waals surface area contributed by atoms with Gasteiger partial charge in [0.05, 0.1) is 26.7 Å². The molecule has 0 radical (unpaired) electrons. The zero-order chi connectivity index (χ0) is 18.4. The molecule has 0 amide bonds. The number of carbonyl (C=O) groups is 1. The number of esters is 1. The van der Waals surface area contributed by atoms with Crippen molar-refractivity contribution in [2.24, 2.45) is 11.8 Å². The Kier molecular flexibility index (Phi) is 3.90. The average Bonchev–Trinajstić information content (AvgIpc) is 3.00. The maximum Gasteiger partial charge on any atom is 0.309 e. The number of benzene rings is 2. The lowest BCUT2D eigenvalue weighted by Crippen LogP contribution is -2.31. The molecule has 1 fully saturated rings. The first-order valence-electron chi connectivity index (χ1n) is 8.46. The molecule has 2 aromatic rings. The van der Waals surface area contributed by atoms with Crippen LogP contribution in [0.15, 0.2) is 30.3 Å². The first-order chi connectivity index (χ1) is 12.5. The number of carbonyl (C=O) groups excluding carboxylic acids is 1. The summed E-state index contributed by atoms with van der Waals surface area (Å²) in [6.07, 6.45) is 0.557. The quantitative estimate of drug-likeness (QED) is 0.823. The highest BCUT2D eigenvalue weighted by molar-refractivity contribution is 5.77. The molecule has 4 rings (SSSR count). The molecule has 0 aromatic heterocycles. The van der Waals surface area contributed by atoms with Crippen molar-refractivity contribution in [1.29, 1.82) is 0 Å². The van der Waals surface area contributed by atoms with Gasteiger partial charge in [0.25, 0.3) is 0 Å². The molecule has 1 aliphatic carbocycles. The third-order valence-corrected chi connectivity index (χ3v) is 5.44. The highest BCUT2D eigenvalue weighted by Crippen LogP contribution is 2.50. The Labute approximate surface area is 150 Å². The number of cyclic esters (lactones) is 1. The van der Waals surface area contributed by atoms with Gasteiger partial charge in [-0.3, -0.25) is 4.79 Å². The van der Waals surface area contributed by atoms with E-state index in [9.17, 15) is 15.0 Å². The average molecular weight is 356 g/mol. The first kappa shape index (κ1) is 16.6. The number of hydrogen-bond acceptors (Lipinski definition) is 6. The minimum Gasteiger partial charge on any atom is -0.504 e. The van der Waals surface area contributed by atoms with E-state index in [2.05, 4.69) is 0 Å². The summed E-state index contributed by atoms with van der Waals surface area (Å²) in [4.78, 5) is 12.2. The van der Waals surface area contributed by atoms with Gasteiger partial charge < -0.3 is 24.4 Å². The number of methoxy groups -OCH3 is 2. The van der Waals surface area contributed by atoms with Crippen LogP contribution < -0.4 is 9.47 Å². The molecule has 136 valence electrons. The minimum absolute atomic E-state index is 0.0305. The van der Waals surface area contributed by atoms with Gasteiger partial charge in [-0.25, -0.2) is 0 Å². The summed E-state index contributed by atoms with van der Waals surface area (Å²) >= 11 is 0. The Morgan fingerprint density at radius 3 is 2.50 bits per heavy atom. The van der Waals surface area contributed by atoms with E-state index in [0.717, 1.165) is 16.7 Å². The van der Waals surface area contributed by atoms with E-state index in [1.165, 1.54) is 14.2 Å². The molecule has 3 atom stereocenters. The molecule has 6 nitrogen and oxygen atoms in total. The monoisotopic (exact) mass is 356 g/mol. The summed E-state index contributed by atoms with van der Waals surface area (Å²) in [5, 5.41) is 20.2. The molecule has 6 heteroatoms. The maximum absolute atomic E-state index is 12.2. The molecule has 1 unspecified atom stereocenters. The van der Waals surface area contributed by atoms with Gasteiger partial charge in [-0.05, 0) is 47.4 Å². The number of phenols is 2. The second kappa shape index (κ2) is 6.12. The zero-order valence-electron chi connectivity index (χ0n) is 14.6. The van der Waals surface area contributed by atoms with Crippen molar-refractivity contribution in [3.63, 3.8) is 0 Å². The second-order valence-corrected chi connectivity index (χ2v) is 6.74. The molecule has 0 spiro atoms. The highest BCUT2D eigenvalue weighted by Gasteiger charge is 2.47. The van der Waals surface area contributed by atoms with Crippen LogP contribution in [0, 0.1) is 11.8 Å². The van der Waals surface area contributed by atoms with Gasteiger partial charge >= 0.3 is 5.97 Å². The van der Waals surface area contributed by atoms with Crippen LogP contribution in [0.5, 0.6) is 23.0 Å². The van der Waals surface area contributed by atoms with Gasteiger partial charge in [-0.1, -0.05) is 6.07 Å². The molecule has 1 heterocycles. The van der Waals surface area contributed by atoms with Crippen LogP contribution >= 0.6 is 0 Å². The Balaban J connectivity index is 1.89. The lowest BCUT2D eigenvalue weighted by Gasteiger charge is -2.34. The smallest absolute Gasteiger partial charge is 0.309 e. The van der Waals surface area contributed by atoms with Crippen LogP contribution in [-0.2, 0) is 16.0 Å². The standard InChI is InChI=1S/C20H20O6/c1-24-17-6-10(3-4-15(17)21)19-12-8-16(22)18(25-2)7-11(12)5-13-14(19)9-26-20(13)23/h3-4,6-8,13-14,19,21-22H,5,9H2,1-2H3/t13-,14+,19?/m1/s1. The summed E-state index contributed by atoms with van der Waals surface area (Å²) in [6, 6.07) is 8.67. The van der Waals surface area contributed by atoms with Crippen LogP contribution in [0.2, 0.25) is 0 Å². The Hall–Kier alpha value is -2.89. The molecule has 1 aliphatic heterocycles. The fourth-order valence-corrected chi connectivity index (χ4v) is 4.18. The third-order valence-electron chi connectivity index (χ3n) is 5.44. The summed E-state index contributed by atoms with van der Waals surface area (Å²) < 4.78 is 15.8. The van der Waals surface area contributed by atoms with Gasteiger partial charge in [-0.2, -0.15) is 0 Å². The van der Waals surface area contributed by atoms with E-state index in [4.69, 9.17) is 14.2 Å². The minimum atomic E-state index is -0.235. The predicted molar refractivity (Wildman–Crippen MR) is 92.8 cm³/mol. The summed E-state index contributed by atoms with van der Waals surface area (Å²) in [6.45, 7) is 0.337. The lowest BCUT2D eigenvalue weighted by molar-refractivity contribution is -0.141. The molecule has 1 saturated heterocycles. The molecular formula is C20H20O6. The van der Waals surface area contributed by atoms with E-state index in [0.29, 0.717) is 24.5 Å². The van der Waals surface area contributed by atoms with E-state index >= 15 is 0 Å². The molecule has 0 bridgehead atoms. The predicted octanol–water partition coefficient (Wildman–Crippen LogP) is 2.59. The molecule has 0 saturated carbocycles. The van der Waals surface area contributed by atoms with Crippen LogP contribution in [-0.4, -0.2) is 37.0 Å². The van der Waals surface area contributed by atoms with Crippen LogP contribution in [0.3, 0.4) is 0 Å². The van der Waals surface area contributed by atoms with Gasteiger partial charge in [0.15, 0.2) is 23.0 Å². The zero-order valence-corrected chi connectivity index (χ0v) is 14.6. The second-order valence-electron chi connectivity index (χ2n) is 6.74. The number of ether oxygens (including phenoxy) is 3. The maximum atomic E-state index is 12.2. The van der Waals surface area contributed by atoms with E-state index in [1.54, 1.807) is 24.3 Å². The van der Waals surface area contributed by atoms with E-state index in [1.807, 2.05) is 6.07 Å². The molecule has 26 heavy (non-hydrogen) atoms. The van der Waals surface area contributed by atoms with Crippen LogP contribution in [0.4, 0.5) is 0 Å². The van der Waals surface area contributed by atoms with Crippen molar-refractivity contribution in [2.45, 2.75) is 12.3 Å². The third kappa shape index (κ3) is 2.44. The first-order valence-corrected chi connectivity index (χ1v) is 8.46. The summed E-state index contributed by atoms with van der Waals surface area (Å²) in [7, 11) is 2.99. The summed E-state index contributed by atoms with van der Waals surface area (Å²) in [5.41, 5.74) is 2.80. The van der Waals surface area contributed by atoms with Crippen molar-refractivity contribution in [3.8, 4) is 23.0 Å². The van der Waals surface area contributed by atoms with Gasteiger partial charge in [0, 0.05) is 11.8 Å². The van der Waals surface area contributed by atoms with Gasteiger partial charge in [-0.15, -0.1) is 0 Å². The SMILES string of the molecule is COc1cc(C2c3cc(O)c(OC)cc3C[C@H]3C(=O)OC[C@H]23)ccc1O. The van der Waals surface area contributed by atoms with Crippen molar-refractivity contribution in [3.05, 3.63) is 47.0 Å². The number of aromatic hydroxyl groups is 2.